The summed E-state index contributed by atoms with van der Waals surface area (Å²) in [5, 5.41) is 2.37. The Balaban J connectivity index is 0.000000437. The third-order valence-electron chi connectivity index (χ3n) is 1.56. The van der Waals surface area contributed by atoms with Gasteiger partial charge in [-0.05, 0) is 24.6 Å². The first kappa shape index (κ1) is 15.5. The minimum atomic E-state index is -2.35. The maximum absolute atomic E-state index is 10.8. The van der Waals surface area contributed by atoms with E-state index in [9.17, 15) is 9.36 Å². The highest BCUT2D eigenvalue weighted by Crippen LogP contribution is 2.12. The zero-order valence-corrected chi connectivity index (χ0v) is 10.7. The van der Waals surface area contributed by atoms with E-state index in [4.69, 9.17) is 9.63 Å². The minimum absolute atomic E-state index is 0.444. The molecule has 6 nitrogen and oxygen atoms in total. The van der Waals surface area contributed by atoms with Gasteiger partial charge in [-0.15, -0.1) is 9.42 Å². The van der Waals surface area contributed by atoms with Crippen LogP contribution in [0.25, 0.3) is 0 Å². The van der Waals surface area contributed by atoms with Crippen LogP contribution >= 0.6 is 8.25 Å². The second-order valence-electron chi connectivity index (χ2n) is 2.88. The molecule has 0 heterocycles. The van der Waals surface area contributed by atoms with E-state index >= 15 is 0 Å². The highest BCUT2D eigenvalue weighted by molar-refractivity contribution is 7.32. The van der Waals surface area contributed by atoms with E-state index < -0.39 is 14.3 Å². The van der Waals surface area contributed by atoms with Gasteiger partial charge in [0.05, 0.1) is 7.11 Å². The standard InChI is InChI=1S/C9H11NO2.CH3O3P/c1-7-4-3-5-8(6-7)12-9(11)10-2;1-4-5(2)3/h3-6H,1-2H3,(H,10,11);1H3/p+1. The summed E-state index contributed by atoms with van der Waals surface area (Å²) >= 11 is 0. The van der Waals surface area contributed by atoms with E-state index in [0.29, 0.717) is 5.75 Å². The molecule has 2 N–H and O–H groups in total. The molecule has 0 radical (unpaired) electrons. The third-order valence-corrected chi connectivity index (χ3v) is 1.87. The van der Waals surface area contributed by atoms with Crippen molar-refractivity contribution >= 4 is 14.3 Å². The normalized spacial score (nSPS) is 9.76. The van der Waals surface area contributed by atoms with Gasteiger partial charge in [0.15, 0.2) is 0 Å². The largest absolute Gasteiger partial charge is 0.694 e. The monoisotopic (exact) mass is 260 g/mol. The van der Waals surface area contributed by atoms with Gasteiger partial charge in [-0.3, -0.25) is 0 Å². The summed E-state index contributed by atoms with van der Waals surface area (Å²) in [5.74, 6) is 0.564. The predicted octanol–water partition coefficient (Wildman–Crippen LogP) is 2.00. The molecule has 0 saturated heterocycles. The Hall–Kier alpha value is -1.49. The van der Waals surface area contributed by atoms with Crippen LogP contribution in [-0.2, 0) is 9.09 Å². The Morgan fingerprint density at radius 1 is 1.47 bits per heavy atom. The lowest BCUT2D eigenvalue weighted by atomic mass is 10.2. The van der Waals surface area contributed by atoms with Gasteiger partial charge < -0.3 is 10.1 Å². The van der Waals surface area contributed by atoms with Crippen molar-refractivity contribution < 1.29 is 23.5 Å². The van der Waals surface area contributed by atoms with Crippen molar-refractivity contribution in [1.29, 1.82) is 0 Å². The number of hydrogen-bond donors (Lipinski definition) is 2. The summed E-state index contributed by atoms with van der Waals surface area (Å²) < 4.78 is 18.0. The molecule has 0 aliphatic carbocycles. The summed E-state index contributed by atoms with van der Waals surface area (Å²) in [6.45, 7) is 1.94. The lowest BCUT2D eigenvalue weighted by Gasteiger charge is -2.02. The molecule has 0 saturated carbocycles. The minimum Gasteiger partial charge on any atom is -0.410 e. The fourth-order valence-electron chi connectivity index (χ4n) is 0.837. The fraction of sp³-hybridized carbons (Fsp3) is 0.300. The number of carbonyl (C=O) groups is 1. The topological polar surface area (TPSA) is 84.9 Å². The molecule has 1 atom stereocenters. The smallest absolute Gasteiger partial charge is 0.410 e. The van der Waals surface area contributed by atoms with Crippen molar-refractivity contribution in [3.8, 4) is 5.75 Å². The van der Waals surface area contributed by atoms with Crippen molar-refractivity contribution in [2.24, 2.45) is 0 Å². The van der Waals surface area contributed by atoms with Crippen LogP contribution in [0.2, 0.25) is 0 Å². The van der Waals surface area contributed by atoms with Crippen LogP contribution in [0.5, 0.6) is 5.75 Å². The second-order valence-corrected chi connectivity index (χ2v) is 3.72. The van der Waals surface area contributed by atoms with Gasteiger partial charge >= 0.3 is 14.3 Å². The van der Waals surface area contributed by atoms with Crippen LogP contribution in [0.15, 0.2) is 24.3 Å². The number of aryl methyl sites for hydroxylation is 1. The van der Waals surface area contributed by atoms with Crippen LogP contribution < -0.4 is 10.1 Å². The molecule has 1 aromatic rings. The first-order chi connectivity index (χ1) is 7.99. The highest BCUT2D eigenvalue weighted by Gasteiger charge is 2.02. The van der Waals surface area contributed by atoms with E-state index in [1.807, 2.05) is 19.1 Å². The molecule has 1 amide bonds. The summed E-state index contributed by atoms with van der Waals surface area (Å²) in [7, 11) is 0.343. The highest BCUT2D eigenvalue weighted by atomic mass is 31.1. The average molecular weight is 260 g/mol. The van der Waals surface area contributed by atoms with Crippen LogP contribution in [0.4, 0.5) is 4.79 Å². The number of ether oxygens (including phenoxy) is 1. The summed E-state index contributed by atoms with van der Waals surface area (Å²) in [4.78, 5) is 18.4. The zero-order valence-electron chi connectivity index (χ0n) is 9.84. The molecule has 0 aliphatic heterocycles. The molecule has 0 fully saturated rings. The first-order valence-electron chi connectivity index (χ1n) is 4.66. The summed E-state index contributed by atoms with van der Waals surface area (Å²) in [6.07, 6.45) is -0.444. The van der Waals surface area contributed by atoms with Crippen LogP contribution in [0, 0.1) is 6.92 Å². The third kappa shape index (κ3) is 8.33. The van der Waals surface area contributed by atoms with Gasteiger partial charge in [-0.25, -0.2) is 4.79 Å². The van der Waals surface area contributed by atoms with Crippen molar-refractivity contribution in [1.82, 2.24) is 5.32 Å². The molecular weight excluding hydrogens is 245 g/mol. The second kappa shape index (κ2) is 8.64. The lowest BCUT2D eigenvalue weighted by Crippen LogP contribution is -2.21. The van der Waals surface area contributed by atoms with E-state index in [-0.39, 0.29) is 0 Å². The fourth-order valence-corrected chi connectivity index (χ4v) is 0.837. The summed E-state index contributed by atoms with van der Waals surface area (Å²) in [5.41, 5.74) is 1.07. The molecule has 17 heavy (non-hydrogen) atoms. The zero-order chi connectivity index (χ0) is 13.3. The molecule has 1 rings (SSSR count). The first-order valence-corrected chi connectivity index (χ1v) is 5.79. The Labute approximate surface area is 101 Å². The Kier molecular flexibility index (Phi) is 7.88. The van der Waals surface area contributed by atoms with Crippen LogP contribution in [0.3, 0.4) is 0 Å². The van der Waals surface area contributed by atoms with Crippen molar-refractivity contribution in [2.75, 3.05) is 14.2 Å². The Morgan fingerprint density at radius 2 is 2.06 bits per heavy atom. The van der Waals surface area contributed by atoms with E-state index in [1.54, 1.807) is 12.1 Å². The molecule has 1 unspecified atom stereocenters. The molecule has 0 aromatic heterocycles. The number of benzene rings is 1. The molecule has 0 aliphatic rings. The number of nitrogens with one attached hydrogen (secondary N) is 1. The van der Waals surface area contributed by atoms with Crippen molar-refractivity contribution in [3.63, 3.8) is 0 Å². The van der Waals surface area contributed by atoms with Crippen LogP contribution in [-0.4, -0.2) is 25.1 Å². The molecule has 0 spiro atoms. The van der Waals surface area contributed by atoms with E-state index in [2.05, 4.69) is 9.84 Å². The van der Waals surface area contributed by atoms with Crippen LogP contribution in [0.1, 0.15) is 5.56 Å². The Morgan fingerprint density at radius 3 is 2.47 bits per heavy atom. The molecule has 94 valence electrons. The lowest BCUT2D eigenvalue weighted by molar-refractivity contribution is 0.203. The number of carbonyl (C=O) groups excluding carboxylic acids is 1. The van der Waals surface area contributed by atoms with Crippen molar-refractivity contribution in [2.45, 2.75) is 6.92 Å². The SMILES string of the molecule is CNC(=O)Oc1cccc(C)c1.CO[P+](=O)O. The van der Waals surface area contributed by atoms with Gasteiger partial charge in [-0.1, -0.05) is 12.1 Å². The predicted molar refractivity (Wildman–Crippen MR) is 63.1 cm³/mol. The average Bonchev–Trinajstić information content (AvgIpc) is 2.29. The number of rotatable bonds is 2. The molecule has 7 heteroatoms. The maximum Gasteiger partial charge on any atom is 0.694 e. The van der Waals surface area contributed by atoms with Gasteiger partial charge in [0.2, 0.25) is 0 Å². The van der Waals surface area contributed by atoms with Crippen molar-refractivity contribution in [3.05, 3.63) is 29.8 Å². The molecule has 1 aromatic carbocycles. The molecular formula is C10H15NO5P+. The van der Waals surface area contributed by atoms with Gasteiger partial charge in [0.25, 0.3) is 0 Å². The summed E-state index contributed by atoms with van der Waals surface area (Å²) in [6, 6.07) is 7.32. The Bertz CT molecular complexity index is 383. The number of amides is 1. The van der Waals surface area contributed by atoms with Gasteiger partial charge in [-0.2, -0.15) is 0 Å². The van der Waals surface area contributed by atoms with E-state index in [1.165, 1.54) is 14.2 Å². The van der Waals surface area contributed by atoms with Gasteiger partial charge in [0.1, 0.15) is 5.75 Å². The molecule has 0 bridgehead atoms. The van der Waals surface area contributed by atoms with Gasteiger partial charge in [0, 0.05) is 11.6 Å². The maximum atomic E-state index is 10.8. The van der Waals surface area contributed by atoms with E-state index in [0.717, 1.165) is 5.56 Å². The number of hydrogen-bond acceptors (Lipinski definition) is 4. The quantitative estimate of drug-likeness (QED) is 0.794.